The molecule has 0 saturated carbocycles. The minimum Gasteiger partial charge on any atom is -0.341 e. The lowest BCUT2D eigenvalue weighted by Gasteiger charge is -2.30. The smallest absolute Gasteiger partial charge is 0.240 e. The second kappa shape index (κ2) is 8.88. The van der Waals surface area contributed by atoms with E-state index < -0.39 is 17.1 Å². The van der Waals surface area contributed by atoms with E-state index in [0.717, 1.165) is 31.0 Å². The first-order valence-corrected chi connectivity index (χ1v) is 11.4. The van der Waals surface area contributed by atoms with Crippen LogP contribution >= 0.6 is 11.3 Å². The molecule has 2 saturated heterocycles. The van der Waals surface area contributed by atoms with Crippen molar-refractivity contribution in [3.63, 3.8) is 0 Å². The zero-order chi connectivity index (χ0) is 22.0. The molecule has 2 fully saturated rings. The molecular weight excluding hydrogens is 417 g/mol. The molecule has 8 heteroatoms. The monoisotopic (exact) mass is 443 g/mol. The first-order chi connectivity index (χ1) is 14.9. The number of amides is 3. The maximum absolute atomic E-state index is 14.7. The second-order valence-corrected chi connectivity index (χ2v) is 9.30. The number of hydrogen-bond donors (Lipinski definition) is 0. The average molecular weight is 444 g/mol. The number of halogens is 1. The number of likely N-dealkylation sites (tertiary alicyclic amines) is 1. The Bertz CT molecular complexity index is 980. The largest absolute Gasteiger partial charge is 0.341 e. The van der Waals surface area contributed by atoms with Crippen molar-refractivity contribution in [2.45, 2.75) is 31.2 Å². The number of thiophene rings is 1. The van der Waals surface area contributed by atoms with Gasteiger partial charge in [0.25, 0.3) is 0 Å². The molecule has 2 aliphatic rings. The molecule has 0 aliphatic carbocycles. The minimum absolute atomic E-state index is 0.125. The first kappa shape index (κ1) is 21.6. The molecule has 2 aliphatic heterocycles. The van der Waals surface area contributed by atoms with Gasteiger partial charge in [-0.25, -0.2) is 4.39 Å². The van der Waals surface area contributed by atoms with Gasteiger partial charge in [0, 0.05) is 63.1 Å². The summed E-state index contributed by atoms with van der Waals surface area (Å²) in [6.07, 6.45) is 0.442. The van der Waals surface area contributed by atoms with E-state index in [4.69, 9.17) is 0 Å². The number of carbonyl (C=O) groups is 3. The summed E-state index contributed by atoms with van der Waals surface area (Å²) in [4.78, 5) is 45.1. The molecule has 0 N–H and O–H groups in total. The number of carbonyl (C=O) groups excluding carboxylic acids is 3. The third-order valence-electron chi connectivity index (χ3n) is 6.28. The third kappa shape index (κ3) is 4.27. The summed E-state index contributed by atoms with van der Waals surface area (Å²) in [5, 5.41) is 2.06. The van der Waals surface area contributed by atoms with Crippen molar-refractivity contribution >= 4 is 29.1 Å². The van der Waals surface area contributed by atoms with Gasteiger partial charge in [0.2, 0.25) is 17.7 Å². The van der Waals surface area contributed by atoms with Crippen LogP contribution in [0.15, 0.2) is 41.8 Å². The van der Waals surface area contributed by atoms with Gasteiger partial charge in [-0.3, -0.25) is 24.2 Å². The summed E-state index contributed by atoms with van der Waals surface area (Å²) in [5.41, 5.74) is -1.35. The molecule has 0 radical (unpaired) electrons. The average Bonchev–Trinajstić information content (AvgIpc) is 3.24. The van der Waals surface area contributed by atoms with E-state index in [0.29, 0.717) is 13.1 Å². The van der Waals surface area contributed by atoms with E-state index in [1.165, 1.54) is 30.1 Å². The van der Waals surface area contributed by atoms with E-state index in [9.17, 15) is 18.8 Å². The summed E-state index contributed by atoms with van der Waals surface area (Å²) >= 11 is 1.72. The number of rotatable bonds is 5. The molecule has 1 atom stereocenters. The highest BCUT2D eigenvalue weighted by Crippen LogP contribution is 2.41. The van der Waals surface area contributed by atoms with Crippen LogP contribution in [0.25, 0.3) is 0 Å². The van der Waals surface area contributed by atoms with E-state index in [1.807, 2.05) is 6.07 Å². The Morgan fingerprint density at radius 1 is 1.10 bits per heavy atom. The minimum atomic E-state index is -1.47. The van der Waals surface area contributed by atoms with Crippen molar-refractivity contribution in [2.75, 3.05) is 33.2 Å². The molecule has 0 spiro atoms. The number of nitrogens with zero attached hydrogens (tertiary/aromatic N) is 3. The Morgan fingerprint density at radius 2 is 1.90 bits per heavy atom. The number of hydrogen-bond acceptors (Lipinski definition) is 5. The summed E-state index contributed by atoms with van der Waals surface area (Å²) < 4.78 is 14.7. The summed E-state index contributed by atoms with van der Waals surface area (Å²) in [6.45, 7) is 3.63. The topological polar surface area (TPSA) is 60.9 Å². The van der Waals surface area contributed by atoms with Crippen LogP contribution in [-0.4, -0.2) is 65.6 Å². The van der Waals surface area contributed by atoms with Gasteiger partial charge in [-0.15, -0.1) is 11.3 Å². The van der Waals surface area contributed by atoms with Crippen molar-refractivity contribution in [3.05, 3.63) is 58.0 Å². The predicted octanol–water partition coefficient (Wildman–Crippen LogP) is 2.64. The van der Waals surface area contributed by atoms with Crippen LogP contribution in [0.4, 0.5) is 4.39 Å². The van der Waals surface area contributed by atoms with Crippen molar-refractivity contribution in [1.29, 1.82) is 0 Å². The zero-order valence-corrected chi connectivity index (χ0v) is 18.4. The van der Waals surface area contributed by atoms with Crippen LogP contribution in [0.3, 0.4) is 0 Å². The Labute approximate surface area is 185 Å². The molecule has 164 valence electrons. The molecule has 3 amide bonds. The Kier molecular flexibility index (Phi) is 6.20. The van der Waals surface area contributed by atoms with Gasteiger partial charge < -0.3 is 4.90 Å². The van der Waals surface area contributed by atoms with Gasteiger partial charge in [0.05, 0.1) is 5.41 Å². The van der Waals surface area contributed by atoms with Crippen molar-refractivity contribution in [3.8, 4) is 0 Å². The Morgan fingerprint density at radius 3 is 2.58 bits per heavy atom. The summed E-state index contributed by atoms with van der Waals surface area (Å²) in [5.74, 6) is -1.67. The first-order valence-electron chi connectivity index (χ1n) is 10.5. The van der Waals surface area contributed by atoms with Crippen molar-refractivity contribution < 1.29 is 18.8 Å². The summed E-state index contributed by atoms with van der Waals surface area (Å²) in [6, 6.07) is 10.1. The molecular formula is C23H26FN3O3S. The van der Waals surface area contributed by atoms with Crippen LogP contribution in [0.2, 0.25) is 0 Å². The second-order valence-electron chi connectivity index (χ2n) is 8.26. The maximum Gasteiger partial charge on any atom is 0.240 e. The molecule has 1 aromatic heterocycles. The molecule has 4 rings (SSSR count). The quantitative estimate of drug-likeness (QED) is 0.667. The third-order valence-corrected chi connectivity index (χ3v) is 7.15. The zero-order valence-electron chi connectivity index (χ0n) is 17.6. The SMILES string of the molecule is CN1C(=O)CC(CC(=O)N2CCCN(Cc3cccs3)CC2)(c2ccccc2F)C1=O. The number of imide groups is 1. The van der Waals surface area contributed by atoms with E-state index in [2.05, 4.69) is 16.3 Å². The number of likely N-dealkylation sites (N-methyl/N-ethyl adjacent to an activating group) is 1. The lowest BCUT2D eigenvalue weighted by atomic mass is 9.75. The van der Waals surface area contributed by atoms with Crippen LogP contribution in [0.1, 0.15) is 29.7 Å². The molecule has 1 aromatic carbocycles. The van der Waals surface area contributed by atoms with Crippen LogP contribution < -0.4 is 0 Å². The van der Waals surface area contributed by atoms with Crippen LogP contribution in [-0.2, 0) is 26.3 Å². The molecule has 3 heterocycles. The molecule has 6 nitrogen and oxygen atoms in total. The Balaban J connectivity index is 1.51. The fourth-order valence-electron chi connectivity index (χ4n) is 4.55. The molecule has 2 aromatic rings. The highest BCUT2D eigenvalue weighted by atomic mass is 32.1. The lowest BCUT2D eigenvalue weighted by Crippen LogP contribution is -2.44. The predicted molar refractivity (Wildman–Crippen MR) is 116 cm³/mol. The number of benzene rings is 1. The standard InChI is InChI=1S/C23H26FN3O3S/c1-25-20(28)14-23(22(25)30,18-7-2-3-8-19(18)24)15-21(29)27-10-5-9-26(11-12-27)16-17-6-4-13-31-17/h2-4,6-8,13H,5,9-12,14-16H2,1H3. The fraction of sp³-hybridized carbons (Fsp3) is 0.435. The van der Waals surface area contributed by atoms with Gasteiger partial charge in [-0.2, -0.15) is 0 Å². The summed E-state index contributed by atoms with van der Waals surface area (Å²) in [7, 11) is 1.39. The lowest BCUT2D eigenvalue weighted by molar-refractivity contribution is -0.141. The van der Waals surface area contributed by atoms with E-state index >= 15 is 0 Å². The van der Waals surface area contributed by atoms with Crippen LogP contribution in [0.5, 0.6) is 0 Å². The maximum atomic E-state index is 14.7. The molecule has 0 bridgehead atoms. The van der Waals surface area contributed by atoms with E-state index in [1.54, 1.807) is 22.3 Å². The van der Waals surface area contributed by atoms with Gasteiger partial charge in [0.15, 0.2) is 0 Å². The Hall–Kier alpha value is -2.58. The van der Waals surface area contributed by atoms with Gasteiger partial charge in [-0.05, 0) is 23.9 Å². The molecule has 1 unspecified atom stereocenters. The van der Waals surface area contributed by atoms with E-state index in [-0.39, 0.29) is 30.2 Å². The van der Waals surface area contributed by atoms with Gasteiger partial charge in [-0.1, -0.05) is 24.3 Å². The fourth-order valence-corrected chi connectivity index (χ4v) is 5.30. The highest BCUT2D eigenvalue weighted by molar-refractivity contribution is 7.09. The van der Waals surface area contributed by atoms with Crippen molar-refractivity contribution in [2.24, 2.45) is 0 Å². The highest BCUT2D eigenvalue weighted by Gasteiger charge is 2.54. The van der Waals surface area contributed by atoms with Gasteiger partial charge >= 0.3 is 0 Å². The normalized spacial score (nSPS) is 22.8. The van der Waals surface area contributed by atoms with Gasteiger partial charge in [0.1, 0.15) is 5.82 Å². The molecule has 31 heavy (non-hydrogen) atoms. The van der Waals surface area contributed by atoms with Crippen LogP contribution in [0, 0.1) is 5.82 Å². The van der Waals surface area contributed by atoms with Crippen molar-refractivity contribution in [1.82, 2.24) is 14.7 Å².